The first-order valence-corrected chi connectivity index (χ1v) is 13.6. The number of hydrogen-bond donors (Lipinski definition) is 0. The zero-order valence-electron chi connectivity index (χ0n) is 22.4. The highest BCUT2D eigenvalue weighted by Gasteiger charge is 2.36. The highest BCUT2D eigenvalue weighted by molar-refractivity contribution is 6.30. The minimum atomic E-state index is -0.573. The number of amides is 1. The molecule has 2 aliphatic rings. The highest BCUT2D eigenvalue weighted by Crippen LogP contribution is 2.46. The lowest BCUT2D eigenvalue weighted by molar-refractivity contribution is -0.151. The lowest BCUT2D eigenvalue weighted by atomic mass is 9.96. The van der Waals surface area contributed by atoms with Gasteiger partial charge in [0.1, 0.15) is 12.2 Å². The molecule has 206 valence electrons. The molecule has 1 aromatic heterocycles. The molecule has 5 rings (SSSR count). The van der Waals surface area contributed by atoms with Crippen molar-refractivity contribution in [2.24, 2.45) is 5.92 Å². The zero-order valence-corrected chi connectivity index (χ0v) is 23.1. The van der Waals surface area contributed by atoms with Crippen molar-refractivity contribution in [3.63, 3.8) is 0 Å². The average molecular weight is 553 g/mol. The number of methoxy groups -OCH3 is 2. The van der Waals surface area contributed by atoms with E-state index >= 15 is 0 Å². The molecule has 2 aliphatic heterocycles. The van der Waals surface area contributed by atoms with Crippen LogP contribution in [0.15, 0.2) is 54.7 Å². The quantitative estimate of drug-likeness (QED) is 0.360. The van der Waals surface area contributed by atoms with Crippen molar-refractivity contribution in [3.05, 3.63) is 76.6 Å². The third-order valence-electron chi connectivity index (χ3n) is 7.49. The fourth-order valence-electron chi connectivity index (χ4n) is 5.56. The molecular formula is C30H33ClN2O6. The van der Waals surface area contributed by atoms with Crippen LogP contribution in [0.1, 0.15) is 55.2 Å². The first kappa shape index (κ1) is 27.1. The summed E-state index contributed by atoms with van der Waals surface area (Å²) in [6.07, 6.45) is 2.20. The Morgan fingerprint density at radius 1 is 1.03 bits per heavy atom. The zero-order chi connectivity index (χ0) is 27.5. The van der Waals surface area contributed by atoms with Crippen LogP contribution in [-0.4, -0.2) is 55.3 Å². The number of halogens is 1. The van der Waals surface area contributed by atoms with Crippen molar-refractivity contribution in [1.82, 2.24) is 9.47 Å². The molecule has 2 atom stereocenters. The van der Waals surface area contributed by atoms with Gasteiger partial charge in [0.15, 0.2) is 11.5 Å². The van der Waals surface area contributed by atoms with Crippen LogP contribution in [-0.2, 0) is 19.1 Å². The number of benzene rings is 2. The number of nitrogens with zero attached hydrogens (tertiary/aromatic N) is 2. The van der Waals surface area contributed by atoms with Gasteiger partial charge in [-0.15, -0.1) is 0 Å². The molecule has 0 N–H and O–H groups in total. The number of hydrogen-bond acceptors (Lipinski definition) is 6. The van der Waals surface area contributed by atoms with Gasteiger partial charge in [-0.1, -0.05) is 23.7 Å². The van der Waals surface area contributed by atoms with Gasteiger partial charge in [0, 0.05) is 35.4 Å². The van der Waals surface area contributed by atoms with Crippen LogP contribution in [0.3, 0.4) is 0 Å². The standard InChI is InChI=1S/C30H33ClN2O6/c1-4-38-30(35)19-12-15-32(16-13-19)27(34)18-26-24-8-6-14-33(24)23-11-10-20(31)17-22(23)28(39-26)21-7-5-9-25(36-2)29(21)37-3/h5-11,14,17,19,26,28H,4,12-13,15-16,18H2,1-3H3/t26-,28-/m1/s1. The molecule has 9 heteroatoms. The Morgan fingerprint density at radius 3 is 2.54 bits per heavy atom. The summed E-state index contributed by atoms with van der Waals surface area (Å²) in [5, 5.41) is 0.580. The second-order valence-electron chi connectivity index (χ2n) is 9.70. The number of ether oxygens (including phenoxy) is 4. The van der Waals surface area contributed by atoms with Crippen molar-refractivity contribution in [3.8, 4) is 17.2 Å². The van der Waals surface area contributed by atoms with Crippen molar-refractivity contribution in [2.45, 2.75) is 38.4 Å². The summed E-state index contributed by atoms with van der Waals surface area (Å²) < 4.78 is 25.4. The van der Waals surface area contributed by atoms with E-state index in [1.165, 1.54) is 0 Å². The molecule has 0 bridgehead atoms. The van der Waals surface area contributed by atoms with Gasteiger partial charge < -0.3 is 28.4 Å². The summed E-state index contributed by atoms with van der Waals surface area (Å²) in [5.41, 5.74) is 3.42. The monoisotopic (exact) mass is 552 g/mol. The molecule has 1 amide bonds. The first-order chi connectivity index (χ1) is 18.9. The third-order valence-corrected chi connectivity index (χ3v) is 7.72. The van der Waals surface area contributed by atoms with Crippen LogP contribution < -0.4 is 9.47 Å². The second kappa shape index (κ2) is 11.7. The van der Waals surface area contributed by atoms with Gasteiger partial charge in [-0.05, 0) is 56.2 Å². The van der Waals surface area contributed by atoms with Crippen LogP contribution in [0.4, 0.5) is 0 Å². The van der Waals surface area contributed by atoms with Crippen LogP contribution in [0.5, 0.6) is 11.5 Å². The Kier molecular flexibility index (Phi) is 8.14. The van der Waals surface area contributed by atoms with Crippen LogP contribution in [0.2, 0.25) is 5.02 Å². The Labute approximate surface area is 233 Å². The van der Waals surface area contributed by atoms with Crippen LogP contribution in [0, 0.1) is 5.92 Å². The fraction of sp³-hybridized carbons (Fsp3) is 0.400. The largest absolute Gasteiger partial charge is 0.493 e. The Hall–Kier alpha value is -3.49. The van der Waals surface area contributed by atoms with Gasteiger partial charge in [-0.3, -0.25) is 9.59 Å². The van der Waals surface area contributed by atoms with E-state index in [9.17, 15) is 9.59 Å². The first-order valence-electron chi connectivity index (χ1n) is 13.2. The smallest absolute Gasteiger partial charge is 0.309 e. The molecule has 0 spiro atoms. The molecule has 0 radical (unpaired) electrons. The van der Waals surface area contributed by atoms with Gasteiger partial charge in [0.25, 0.3) is 0 Å². The highest BCUT2D eigenvalue weighted by atomic mass is 35.5. The summed E-state index contributed by atoms with van der Waals surface area (Å²) in [4.78, 5) is 27.5. The number of rotatable bonds is 7. The maximum Gasteiger partial charge on any atom is 0.309 e. The number of aromatic nitrogens is 1. The van der Waals surface area contributed by atoms with E-state index in [0.29, 0.717) is 49.1 Å². The summed E-state index contributed by atoms with van der Waals surface area (Å²) >= 11 is 6.48. The number of para-hydroxylation sites is 1. The molecule has 3 aromatic rings. The summed E-state index contributed by atoms with van der Waals surface area (Å²) in [5.74, 6) is 0.790. The topological polar surface area (TPSA) is 79.2 Å². The van der Waals surface area contributed by atoms with Gasteiger partial charge in [0.05, 0.1) is 44.5 Å². The summed E-state index contributed by atoms with van der Waals surface area (Å²) in [6.45, 7) is 3.20. The normalized spacial score (nSPS) is 19.0. The van der Waals surface area contributed by atoms with Crippen molar-refractivity contribution in [2.75, 3.05) is 33.9 Å². The predicted octanol–water partition coefficient (Wildman–Crippen LogP) is 5.50. The molecule has 1 fully saturated rings. The molecule has 0 saturated carbocycles. The Morgan fingerprint density at radius 2 is 1.82 bits per heavy atom. The number of carbonyl (C=O) groups excluding carboxylic acids is 2. The Bertz CT molecular complexity index is 1350. The average Bonchev–Trinajstić information content (AvgIpc) is 3.40. The second-order valence-corrected chi connectivity index (χ2v) is 10.1. The molecule has 3 heterocycles. The van der Waals surface area contributed by atoms with E-state index in [0.717, 1.165) is 22.5 Å². The van der Waals surface area contributed by atoms with Gasteiger partial charge in [-0.2, -0.15) is 0 Å². The molecule has 2 aromatic carbocycles. The minimum Gasteiger partial charge on any atom is -0.493 e. The maximum absolute atomic E-state index is 13.6. The molecular weight excluding hydrogens is 520 g/mol. The maximum atomic E-state index is 13.6. The lowest BCUT2D eigenvalue weighted by Crippen LogP contribution is -2.41. The number of fused-ring (bicyclic) bond motifs is 3. The van der Waals surface area contributed by atoms with Crippen LogP contribution >= 0.6 is 11.6 Å². The molecule has 1 saturated heterocycles. The van der Waals surface area contributed by atoms with Crippen LogP contribution in [0.25, 0.3) is 5.69 Å². The Balaban J connectivity index is 1.47. The minimum absolute atomic E-state index is 0.0181. The third kappa shape index (κ3) is 5.36. The molecule has 8 nitrogen and oxygen atoms in total. The van der Waals surface area contributed by atoms with Crippen molar-refractivity contribution in [1.29, 1.82) is 0 Å². The number of carbonyl (C=O) groups is 2. The van der Waals surface area contributed by atoms with Gasteiger partial charge >= 0.3 is 5.97 Å². The number of esters is 1. The number of piperidine rings is 1. The summed E-state index contributed by atoms with van der Waals surface area (Å²) in [6, 6.07) is 15.3. The predicted molar refractivity (Wildman–Crippen MR) is 147 cm³/mol. The molecule has 0 unspecified atom stereocenters. The van der Waals surface area contributed by atoms with E-state index in [-0.39, 0.29) is 24.2 Å². The molecule has 39 heavy (non-hydrogen) atoms. The summed E-state index contributed by atoms with van der Waals surface area (Å²) in [7, 11) is 3.19. The van der Waals surface area contributed by atoms with E-state index in [1.54, 1.807) is 21.1 Å². The van der Waals surface area contributed by atoms with E-state index in [4.69, 9.17) is 30.5 Å². The molecule has 0 aliphatic carbocycles. The van der Waals surface area contributed by atoms with Crippen molar-refractivity contribution < 1.29 is 28.5 Å². The van der Waals surface area contributed by atoms with Gasteiger partial charge in [0.2, 0.25) is 5.91 Å². The fourth-order valence-corrected chi connectivity index (χ4v) is 5.74. The van der Waals surface area contributed by atoms with E-state index in [2.05, 4.69) is 4.57 Å². The van der Waals surface area contributed by atoms with E-state index < -0.39 is 12.2 Å². The van der Waals surface area contributed by atoms with E-state index in [1.807, 2.05) is 59.6 Å². The number of likely N-dealkylation sites (tertiary alicyclic amines) is 1. The SMILES string of the molecule is CCOC(=O)C1CCN(C(=O)C[C@H]2O[C@H](c3cccc(OC)c3OC)c3cc(Cl)ccc3-n3cccc32)CC1. The lowest BCUT2D eigenvalue weighted by Gasteiger charge is -2.32. The van der Waals surface area contributed by atoms with Crippen molar-refractivity contribution >= 4 is 23.5 Å². The van der Waals surface area contributed by atoms with Gasteiger partial charge in [-0.25, -0.2) is 0 Å².